The van der Waals surface area contributed by atoms with E-state index in [9.17, 15) is 14.4 Å². The van der Waals surface area contributed by atoms with E-state index in [1.165, 1.54) is 6.08 Å². The van der Waals surface area contributed by atoms with Gasteiger partial charge in [-0.3, -0.25) is 14.4 Å². The molecule has 1 unspecified atom stereocenters. The molecule has 0 aromatic rings. The highest BCUT2D eigenvalue weighted by Gasteiger charge is 1.99. The number of nitrogens with one attached hydrogen (secondary N) is 1. The molecule has 8 nitrogen and oxygen atoms in total. The maximum absolute atomic E-state index is 10.4. The van der Waals surface area contributed by atoms with Crippen molar-refractivity contribution in [3.05, 3.63) is 12.7 Å². The van der Waals surface area contributed by atoms with Crippen molar-refractivity contribution in [3.8, 4) is 0 Å². The third-order valence-corrected chi connectivity index (χ3v) is 1.64. The Morgan fingerprint density at radius 3 is 2.00 bits per heavy atom. The molecule has 0 saturated carbocycles. The summed E-state index contributed by atoms with van der Waals surface area (Å²) < 4.78 is 0. The van der Waals surface area contributed by atoms with E-state index >= 15 is 0 Å². The van der Waals surface area contributed by atoms with Crippen LogP contribution < -0.4 is 11.1 Å². The summed E-state index contributed by atoms with van der Waals surface area (Å²) in [6.07, 6.45) is 4.86. The number of allylic oxidation sites excluding steroid dienone is 1. The fraction of sp³-hybridized carbons (Fsp3) is 0.538. The summed E-state index contributed by atoms with van der Waals surface area (Å²) in [4.78, 5) is 39.4. The van der Waals surface area contributed by atoms with Crippen molar-refractivity contribution in [1.29, 1.82) is 0 Å². The van der Waals surface area contributed by atoms with Crippen molar-refractivity contribution in [3.63, 3.8) is 0 Å². The first kappa shape index (κ1) is 27.4. The maximum Gasteiger partial charge on any atom is 0.284 e. The fourth-order valence-electron chi connectivity index (χ4n) is 0.826. The molecule has 21 heavy (non-hydrogen) atoms. The number of carbonyl (C=O) groups excluding carboxylic acids is 4. The molecule has 0 spiro atoms. The largest absolute Gasteiger partial charge is 0.400 e. The molecule has 0 aliphatic heterocycles. The van der Waals surface area contributed by atoms with Crippen molar-refractivity contribution in [1.82, 2.24) is 5.32 Å². The molecule has 0 aromatic heterocycles. The van der Waals surface area contributed by atoms with Crippen molar-refractivity contribution >= 4 is 24.8 Å². The van der Waals surface area contributed by atoms with Crippen LogP contribution in [0.5, 0.6) is 0 Å². The third-order valence-electron chi connectivity index (χ3n) is 1.64. The highest BCUT2D eigenvalue weighted by atomic mass is 16.2. The van der Waals surface area contributed by atoms with Gasteiger partial charge in [-0.1, -0.05) is 6.58 Å². The number of aliphatic hydroxyl groups is 2. The minimum Gasteiger partial charge on any atom is -0.400 e. The monoisotopic (exact) mass is 306 g/mol. The number of nitrogens with two attached hydrogens (primary N) is 1. The van der Waals surface area contributed by atoms with Gasteiger partial charge in [-0.2, -0.15) is 0 Å². The van der Waals surface area contributed by atoms with Gasteiger partial charge in [-0.15, -0.1) is 0 Å². The molecule has 5 N–H and O–H groups in total. The minimum absolute atomic E-state index is 0.233. The lowest BCUT2D eigenvalue weighted by Crippen LogP contribution is -2.26. The number of amides is 1. The molecule has 124 valence electrons. The second-order valence-corrected chi connectivity index (χ2v) is 3.08. The first-order chi connectivity index (χ1) is 10.1. The van der Waals surface area contributed by atoms with Gasteiger partial charge in [0.1, 0.15) is 12.6 Å². The van der Waals surface area contributed by atoms with Crippen LogP contribution in [0, 0.1) is 0 Å². The summed E-state index contributed by atoms with van der Waals surface area (Å²) in [5.41, 5.74) is 5.33. The molecule has 1 atom stereocenters. The number of unbranched alkanes of at least 4 members (excludes halogenated alkanes) is 1. The van der Waals surface area contributed by atoms with Gasteiger partial charge in [0, 0.05) is 20.8 Å². The number of aliphatic hydroxyl groups excluding tert-OH is 2. The predicted molar refractivity (Wildman–Crippen MR) is 79.5 cm³/mol. The lowest BCUT2D eigenvalue weighted by molar-refractivity contribution is -0.131. The van der Waals surface area contributed by atoms with E-state index in [4.69, 9.17) is 20.7 Å². The molecular weight excluding hydrogens is 280 g/mol. The van der Waals surface area contributed by atoms with Gasteiger partial charge < -0.3 is 26.1 Å². The van der Waals surface area contributed by atoms with Crippen LogP contribution in [0.4, 0.5) is 0 Å². The lowest BCUT2D eigenvalue weighted by atomic mass is 10.1. The van der Waals surface area contributed by atoms with E-state index in [1.807, 2.05) is 0 Å². The van der Waals surface area contributed by atoms with Crippen LogP contribution in [-0.2, 0) is 19.2 Å². The van der Waals surface area contributed by atoms with Crippen LogP contribution in [0.15, 0.2) is 12.7 Å². The summed E-state index contributed by atoms with van der Waals surface area (Å²) in [5, 5.41) is 16.4. The summed E-state index contributed by atoms with van der Waals surface area (Å²) in [6.45, 7) is 3.56. The van der Waals surface area contributed by atoms with Gasteiger partial charge in [0.05, 0.1) is 6.04 Å². The van der Waals surface area contributed by atoms with E-state index in [2.05, 4.69) is 11.9 Å². The SMILES string of the molecule is C=CC=O.CO.CO.NC(C=O)CCCCNC(=O)C=O. The standard InChI is InChI=1S/C8H14N2O3.C3H4O.2CH4O/c9-7(5-11)3-1-2-4-10-8(13)6-12;1-2-3-4;2*1-2/h5-7H,1-4,9H2,(H,10,13);2-3H,1H2;2*2H,1H3. The molecule has 0 aliphatic rings. The summed E-state index contributed by atoms with van der Waals surface area (Å²) in [5.74, 6) is -0.611. The number of hydrogen-bond donors (Lipinski definition) is 4. The smallest absolute Gasteiger partial charge is 0.284 e. The van der Waals surface area contributed by atoms with Gasteiger partial charge >= 0.3 is 0 Å². The van der Waals surface area contributed by atoms with Crippen LogP contribution in [-0.4, -0.2) is 61.8 Å². The first-order valence-electron chi connectivity index (χ1n) is 6.01. The summed E-state index contributed by atoms with van der Waals surface area (Å²) >= 11 is 0. The molecule has 0 fully saturated rings. The molecule has 1 amide bonds. The van der Waals surface area contributed by atoms with Gasteiger partial charge in [-0.25, -0.2) is 0 Å². The Hall–Kier alpha value is -1.90. The van der Waals surface area contributed by atoms with Crippen molar-refractivity contribution < 1.29 is 29.4 Å². The Kier molecular flexibility index (Phi) is 40.3. The number of rotatable bonds is 8. The van der Waals surface area contributed by atoms with E-state index in [-0.39, 0.29) is 6.29 Å². The Bertz CT molecular complexity index is 253. The van der Waals surface area contributed by atoms with E-state index in [0.717, 1.165) is 27.1 Å². The molecule has 0 saturated heterocycles. The average Bonchev–Trinajstić information content (AvgIpc) is 2.57. The predicted octanol–water partition coefficient (Wildman–Crippen LogP) is -1.41. The average molecular weight is 306 g/mol. The Morgan fingerprint density at radius 2 is 1.67 bits per heavy atom. The van der Waals surface area contributed by atoms with E-state index < -0.39 is 11.9 Å². The van der Waals surface area contributed by atoms with Crippen LogP contribution >= 0.6 is 0 Å². The number of carbonyl (C=O) groups is 4. The van der Waals surface area contributed by atoms with E-state index in [0.29, 0.717) is 25.5 Å². The molecule has 0 heterocycles. The van der Waals surface area contributed by atoms with Crippen LogP contribution in [0.3, 0.4) is 0 Å². The van der Waals surface area contributed by atoms with Gasteiger partial charge in [-0.05, 0) is 25.3 Å². The molecule has 8 heteroatoms. The quantitative estimate of drug-likeness (QED) is 0.186. The molecular formula is C13H26N2O6. The molecule has 0 aliphatic carbocycles. The normalized spacial score (nSPS) is 8.81. The Balaban J connectivity index is -0.000000151. The zero-order valence-corrected chi connectivity index (χ0v) is 12.5. The highest BCUT2D eigenvalue weighted by Crippen LogP contribution is 1.95. The lowest BCUT2D eigenvalue weighted by Gasteiger charge is -2.03. The fourth-order valence-corrected chi connectivity index (χ4v) is 0.826. The van der Waals surface area contributed by atoms with E-state index in [1.54, 1.807) is 0 Å². The van der Waals surface area contributed by atoms with Crippen LogP contribution in [0.2, 0.25) is 0 Å². The van der Waals surface area contributed by atoms with Gasteiger partial charge in [0.15, 0.2) is 0 Å². The highest BCUT2D eigenvalue weighted by molar-refractivity contribution is 6.23. The number of aldehydes is 3. The number of hydrogen-bond acceptors (Lipinski definition) is 7. The van der Waals surface area contributed by atoms with Crippen molar-refractivity contribution in [2.75, 3.05) is 20.8 Å². The van der Waals surface area contributed by atoms with Gasteiger partial charge in [0.25, 0.3) is 5.91 Å². The van der Waals surface area contributed by atoms with Gasteiger partial charge in [0.2, 0.25) is 6.29 Å². The zero-order chi connectivity index (χ0) is 17.5. The van der Waals surface area contributed by atoms with Crippen LogP contribution in [0.1, 0.15) is 19.3 Å². The minimum atomic E-state index is -0.611. The molecule has 0 rings (SSSR count). The second kappa shape index (κ2) is 30.8. The second-order valence-electron chi connectivity index (χ2n) is 3.08. The molecule has 0 radical (unpaired) electrons. The first-order valence-corrected chi connectivity index (χ1v) is 6.01. The molecule has 0 aromatic carbocycles. The van der Waals surface area contributed by atoms with Crippen LogP contribution in [0.25, 0.3) is 0 Å². The summed E-state index contributed by atoms with van der Waals surface area (Å²) in [6, 6.07) is -0.415. The van der Waals surface area contributed by atoms with Crippen molar-refractivity contribution in [2.45, 2.75) is 25.3 Å². The zero-order valence-electron chi connectivity index (χ0n) is 12.5. The van der Waals surface area contributed by atoms with Crippen molar-refractivity contribution in [2.24, 2.45) is 5.73 Å². The third kappa shape index (κ3) is 38.1. The Labute approximate surface area is 125 Å². The Morgan fingerprint density at radius 1 is 1.19 bits per heavy atom. The molecule has 0 bridgehead atoms. The maximum atomic E-state index is 10.4. The topological polar surface area (TPSA) is 147 Å². The summed E-state index contributed by atoms with van der Waals surface area (Å²) in [7, 11) is 2.00.